The maximum absolute atomic E-state index is 11.7. The normalized spacial score (nSPS) is 11.0. The van der Waals surface area contributed by atoms with Gasteiger partial charge in [0.15, 0.2) is 5.83 Å². The van der Waals surface area contributed by atoms with Crippen molar-refractivity contribution in [2.75, 3.05) is 0 Å². The molecule has 0 aromatic rings. The summed E-state index contributed by atoms with van der Waals surface area (Å²) >= 11 is 0. The van der Waals surface area contributed by atoms with Crippen molar-refractivity contribution in [3.8, 4) is 0 Å². The van der Waals surface area contributed by atoms with Crippen LogP contribution in [0.1, 0.15) is 0 Å². The van der Waals surface area contributed by atoms with Gasteiger partial charge in [0.25, 0.3) is 0 Å². The molecule has 8 heavy (non-hydrogen) atoms. The van der Waals surface area contributed by atoms with Crippen LogP contribution in [0.15, 0.2) is 30.2 Å². The first-order valence-corrected chi connectivity index (χ1v) is 1.87. The fraction of sp³-hybridized carbons (Fsp3) is 0. The summed E-state index contributed by atoms with van der Waals surface area (Å²) in [6.45, 7) is 5.70. The van der Waals surface area contributed by atoms with Gasteiger partial charge < -0.3 is 0 Å². The van der Waals surface area contributed by atoms with Crippen molar-refractivity contribution in [3.05, 3.63) is 25.2 Å². The molecular weight excluding hydrogens is 112 g/mol. The molecule has 0 atom stereocenters. The molecule has 0 aliphatic carbocycles. The molecule has 3 heteroatoms. The van der Waals surface area contributed by atoms with Crippen molar-refractivity contribution >= 4 is 5.97 Å². The summed E-state index contributed by atoms with van der Waals surface area (Å²) in [6.07, 6.45) is 0.903. The molecular formula is C5H5F2N. The molecule has 0 saturated carbocycles. The number of hydrogen-bond donors (Lipinski definition) is 0. The second kappa shape index (κ2) is 3.07. The Morgan fingerprint density at radius 3 is 2.12 bits per heavy atom. The number of halogens is 2. The molecule has 1 nitrogen and oxygen atoms in total. The van der Waals surface area contributed by atoms with Gasteiger partial charge in [-0.1, -0.05) is 13.2 Å². The van der Waals surface area contributed by atoms with Gasteiger partial charge in [0.1, 0.15) is 0 Å². The zero-order valence-corrected chi connectivity index (χ0v) is 4.19. The minimum Gasteiger partial charge on any atom is -0.226 e. The molecule has 0 bridgehead atoms. The topological polar surface area (TPSA) is 12.4 Å². The third-order valence-electron chi connectivity index (χ3n) is 0.428. The average molecular weight is 117 g/mol. The smallest absolute Gasteiger partial charge is 0.226 e. The van der Waals surface area contributed by atoms with Crippen LogP contribution in [-0.2, 0) is 0 Å². The van der Waals surface area contributed by atoms with Crippen LogP contribution < -0.4 is 0 Å². The van der Waals surface area contributed by atoms with E-state index in [-0.39, 0.29) is 0 Å². The predicted octanol–water partition coefficient (Wildman–Crippen LogP) is 1.98. The Labute approximate surface area is 46.0 Å². The Hall–Kier alpha value is -0.990. The molecule has 44 valence electrons. The van der Waals surface area contributed by atoms with E-state index in [1.165, 1.54) is 0 Å². The van der Waals surface area contributed by atoms with Crippen LogP contribution in [-0.4, -0.2) is 5.97 Å². The van der Waals surface area contributed by atoms with Gasteiger partial charge in [-0.3, -0.25) is 0 Å². The molecule has 0 saturated heterocycles. The Morgan fingerprint density at radius 1 is 1.50 bits per heavy atom. The van der Waals surface area contributed by atoms with Crippen molar-refractivity contribution in [1.29, 1.82) is 0 Å². The highest BCUT2D eigenvalue weighted by atomic mass is 19.2. The van der Waals surface area contributed by atoms with E-state index in [9.17, 15) is 8.78 Å². The highest BCUT2D eigenvalue weighted by Gasteiger charge is 1.96. The highest BCUT2D eigenvalue weighted by molar-refractivity contribution is 5.89. The summed E-state index contributed by atoms with van der Waals surface area (Å²) in [5.41, 5.74) is 0. The molecule has 0 unspecified atom stereocenters. The molecule has 0 aromatic carbocycles. The molecule has 0 aliphatic heterocycles. The summed E-state index contributed by atoms with van der Waals surface area (Å²) in [5, 5.41) is 0. The van der Waals surface area contributed by atoms with Gasteiger partial charge in [-0.2, -0.15) is 4.39 Å². The van der Waals surface area contributed by atoms with Crippen molar-refractivity contribution in [2.24, 2.45) is 4.99 Å². The van der Waals surface area contributed by atoms with Crippen molar-refractivity contribution in [1.82, 2.24) is 0 Å². The van der Waals surface area contributed by atoms with E-state index < -0.39 is 11.8 Å². The molecule has 0 heterocycles. The SMILES string of the molecule is C=CN=C(F)C(=C)F. The van der Waals surface area contributed by atoms with Crippen LogP contribution in [0.4, 0.5) is 8.78 Å². The summed E-state index contributed by atoms with van der Waals surface area (Å²) in [4.78, 5) is 2.86. The molecule has 0 fully saturated rings. The molecule has 0 aliphatic rings. The third-order valence-corrected chi connectivity index (χ3v) is 0.428. The monoisotopic (exact) mass is 117 g/mol. The lowest BCUT2D eigenvalue weighted by atomic mass is 10.6. The zero-order chi connectivity index (χ0) is 6.57. The van der Waals surface area contributed by atoms with Gasteiger partial charge in [0.2, 0.25) is 5.97 Å². The maximum atomic E-state index is 11.7. The summed E-state index contributed by atoms with van der Waals surface area (Å²) < 4.78 is 23.3. The van der Waals surface area contributed by atoms with Crippen LogP contribution in [0.25, 0.3) is 0 Å². The lowest BCUT2D eigenvalue weighted by Crippen LogP contribution is -1.84. The van der Waals surface area contributed by atoms with E-state index >= 15 is 0 Å². The quantitative estimate of drug-likeness (QED) is 0.490. The third kappa shape index (κ3) is 2.23. The number of nitrogens with zero attached hydrogens (tertiary/aromatic N) is 1. The Bertz CT molecular complexity index is 137. The van der Waals surface area contributed by atoms with Crippen LogP contribution in [0.3, 0.4) is 0 Å². The fourth-order valence-electron chi connectivity index (χ4n) is 0.150. The van der Waals surface area contributed by atoms with E-state index in [4.69, 9.17) is 0 Å². The van der Waals surface area contributed by atoms with Gasteiger partial charge in [0, 0.05) is 6.20 Å². The van der Waals surface area contributed by atoms with Gasteiger partial charge in [-0.05, 0) is 0 Å². The Morgan fingerprint density at radius 2 is 2.00 bits per heavy atom. The second-order valence-electron chi connectivity index (χ2n) is 1.01. The first-order chi connectivity index (χ1) is 3.68. The van der Waals surface area contributed by atoms with E-state index in [1.54, 1.807) is 0 Å². The van der Waals surface area contributed by atoms with Gasteiger partial charge in [-0.25, -0.2) is 9.38 Å². The molecule has 0 radical (unpaired) electrons. The van der Waals surface area contributed by atoms with E-state index in [1.807, 2.05) is 0 Å². The molecule has 0 aromatic heterocycles. The zero-order valence-electron chi connectivity index (χ0n) is 4.19. The number of rotatable bonds is 2. The van der Waals surface area contributed by atoms with Gasteiger partial charge in [0.05, 0.1) is 0 Å². The van der Waals surface area contributed by atoms with Crippen LogP contribution in [0.2, 0.25) is 0 Å². The first-order valence-electron chi connectivity index (χ1n) is 1.87. The number of allylic oxidation sites excluding steroid dienone is 1. The molecule has 0 rings (SSSR count). The van der Waals surface area contributed by atoms with Crippen molar-refractivity contribution in [2.45, 2.75) is 0 Å². The maximum Gasteiger partial charge on any atom is 0.248 e. The van der Waals surface area contributed by atoms with Crippen molar-refractivity contribution < 1.29 is 8.78 Å². The lowest BCUT2D eigenvalue weighted by Gasteiger charge is -1.82. The standard InChI is InChI=1S/C5H5F2N/c1-3-8-5(7)4(2)6/h3H,1-2H2. The van der Waals surface area contributed by atoms with E-state index in [0.717, 1.165) is 6.20 Å². The summed E-state index contributed by atoms with van der Waals surface area (Å²) in [5.74, 6) is -2.40. The highest BCUT2D eigenvalue weighted by Crippen LogP contribution is 1.96. The van der Waals surface area contributed by atoms with Gasteiger partial charge in [-0.15, -0.1) is 0 Å². The average Bonchev–Trinajstić information content (AvgIpc) is 1.67. The molecule has 0 spiro atoms. The van der Waals surface area contributed by atoms with Crippen molar-refractivity contribution in [3.63, 3.8) is 0 Å². The van der Waals surface area contributed by atoms with Crippen LogP contribution in [0, 0.1) is 0 Å². The number of hydrogen-bond acceptors (Lipinski definition) is 1. The minimum absolute atomic E-state index is 0.903. The van der Waals surface area contributed by atoms with E-state index in [2.05, 4.69) is 18.2 Å². The largest absolute Gasteiger partial charge is 0.248 e. The Balaban J connectivity index is 3.99. The van der Waals surface area contributed by atoms with Gasteiger partial charge >= 0.3 is 0 Å². The number of aliphatic imine (C=N–C) groups is 1. The van der Waals surface area contributed by atoms with Crippen LogP contribution in [0.5, 0.6) is 0 Å². The Kier molecular flexibility index (Phi) is 2.69. The first kappa shape index (κ1) is 7.01. The lowest BCUT2D eigenvalue weighted by molar-refractivity contribution is 0.644. The summed E-state index contributed by atoms with van der Waals surface area (Å²) in [6, 6.07) is 0. The fourth-order valence-corrected chi connectivity index (χ4v) is 0.150. The minimum atomic E-state index is -1.22. The van der Waals surface area contributed by atoms with Crippen LogP contribution >= 0.6 is 0 Å². The molecule has 0 amide bonds. The van der Waals surface area contributed by atoms with E-state index in [0.29, 0.717) is 0 Å². The second-order valence-corrected chi connectivity index (χ2v) is 1.01. The predicted molar refractivity (Wildman–Crippen MR) is 29.0 cm³/mol. The summed E-state index contributed by atoms with van der Waals surface area (Å²) in [7, 11) is 0. The molecule has 0 N–H and O–H groups in total.